The predicted molar refractivity (Wildman–Crippen MR) is 142 cm³/mol. The lowest BCUT2D eigenvalue weighted by atomic mass is 9.91. The lowest BCUT2D eigenvalue weighted by Gasteiger charge is -2.40. The quantitative estimate of drug-likeness (QED) is 0.360. The Morgan fingerprint density at radius 3 is 2.54 bits per heavy atom. The van der Waals surface area contributed by atoms with E-state index in [9.17, 15) is 4.79 Å². The maximum atomic E-state index is 13.4. The fourth-order valence-corrected chi connectivity index (χ4v) is 5.21. The zero-order valence-corrected chi connectivity index (χ0v) is 20.5. The van der Waals surface area contributed by atoms with Gasteiger partial charge in [0, 0.05) is 41.8 Å². The van der Waals surface area contributed by atoms with Gasteiger partial charge in [-0.1, -0.05) is 72.3 Å². The Labute approximate surface area is 212 Å². The van der Waals surface area contributed by atoms with Gasteiger partial charge in [0.2, 0.25) is 5.91 Å². The van der Waals surface area contributed by atoms with E-state index < -0.39 is 0 Å². The van der Waals surface area contributed by atoms with Crippen LogP contribution in [0.5, 0.6) is 0 Å². The molecule has 2 atom stereocenters. The molecule has 0 unspecified atom stereocenters. The molecule has 178 valence electrons. The number of aromatic nitrogens is 1. The third kappa shape index (κ3) is 5.90. The van der Waals surface area contributed by atoms with Gasteiger partial charge in [-0.2, -0.15) is 0 Å². The van der Waals surface area contributed by atoms with Gasteiger partial charge in [0.1, 0.15) is 0 Å². The third-order valence-electron chi connectivity index (χ3n) is 6.94. The summed E-state index contributed by atoms with van der Waals surface area (Å²) in [5.74, 6) is 0.187. The molecule has 0 spiro atoms. The van der Waals surface area contributed by atoms with Gasteiger partial charge in [-0.25, -0.2) is 0 Å². The van der Waals surface area contributed by atoms with Crippen LogP contribution in [-0.4, -0.2) is 34.4 Å². The van der Waals surface area contributed by atoms with Crippen LogP contribution < -0.4 is 5.32 Å². The first kappa shape index (κ1) is 23.5. The van der Waals surface area contributed by atoms with Gasteiger partial charge in [0.05, 0.1) is 11.9 Å². The Kier molecular flexibility index (Phi) is 7.41. The number of piperidine rings is 1. The molecule has 0 radical (unpaired) electrons. The van der Waals surface area contributed by atoms with Crippen molar-refractivity contribution >= 4 is 28.4 Å². The van der Waals surface area contributed by atoms with Gasteiger partial charge in [-0.05, 0) is 60.2 Å². The van der Waals surface area contributed by atoms with Crippen LogP contribution in [0.3, 0.4) is 0 Å². The molecule has 5 heteroatoms. The molecular weight excluding hydrogens is 454 g/mol. The van der Waals surface area contributed by atoms with Crippen molar-refractivity contribution in [3.05, 3.63) is 113 Å². The third-order valence-corrected chi connectivity index (χ3v) is 7.19. The molecule has 0 bridgehead atoms. The SMILES string of the molecule is O=C(Cc1ccc(Cl)cc1)N1CC[C@H](NCc2ccnc3ccccc23)C[C@H]1Cc1ccccc1. The van der Waals surface area contributed by atoms with Crippen molar-refractivity contribution in [2.45, 2.75) is 44.3 Å². The zero-order chi connectivity index (χ0) is 24.0. The van der Waals surface area contributed by atoms with Gasteiger partial charge in [0.25, 0.3) is 0 Å². The summed E-state index contributed by atoms with van der Waals surface area (Å²) in [5, 5.41) is 5.67. The Hall–Kier alpha value is -3.21. The summed E-state index contributed by atoms with van der Waals surface area (Å²) >= 11 is 6.03. The van der Waals surface area contributed by atoms with E-state index >= 15 is 0 Å². The predicted octanol–water partition coefficient (Wildman–Crippen LogP) is 5.82. The van der Waals surface area contributed by atoms with E-state index in [1.165, 1.54) is 16.5 Å². The van der Waals surface area contributed by atoms with Crippen molar-refractivity contribution < 1.29 is 4.79 Å². The average Bonchev–Trinajstić information content (AvgIpc) is 2.89. The molecule has 1 amide bonds. The number of benzene rings is 3. The van der Waals surface area contributed by atoms with Crippen molar-refractivity contribution in [2.24, 2.45) is 0 Å². The highest BCUT2D eigenvalue weighted by molar-refractivity contribution is 6.30. The van der Waals surface area contributed by atoms with Crippen LogP contribution in [0, 0.1) is 0 Å². The van der Waals surface area contributed by atoms with Crippen molar-refractivity contribution in [2.75, 3.05) is 6.54 Å². The van der Waals surface area contributed by atoms with Crippen LogP contribution in [0.2, 0.25) is 5.02 Å². The minimum absolute atomic E-state index is 0.164. The van der Waals surface area contributed by atoms with E-state index in [1.54, 1.807) is 0 Å². The molecule has 1 aliphatic rings. The summed E-state index contributed by atoms with van der Waals surface area (Å²) < 4.78 is 0. The summed E-state index contributed by atoms with van der Waals surface area (Å²) in [4.78, 5) is 19.9. The minimum atomic E-state index is 0.164. The average molecular weight is 484 g/mol. The number of hydrogen-bond donors (Lipinski definition) is 1. The number of amides is 1. The molecule has 35 heavy (non-hydrogen) atoms. The molecule has 3 aromatic carbocycles. The molecule has 5 rings (SSSR count). The van der Waals surface area contributed by atoms with Gasteiger partial charge in [-0.3, -0.25) is 9.78 Å². The molecule has 4 nitrogen and oxygen atoms in total. The zero-order valence-electron chi connectivity index (χ0n) is 19.7. The van der Waals surface area contributed by atoms with Crippen molar-refractivity contribution in [1.29, 1.82) is 0 Å². The summed E-state index contributed by atoms with van der Waals surface area (Å²) in [7, 11) is 0. The number of nitrogens with one attached hydrogen (secondary N) is 1. The molecule has 1 aliphatic heterocycles. The number of carbonyl (C=O) groups is 1. The molecule has 4 aromatic rings. The Morgan fingerprint density at radius 2 is 1.71 bits per heavy atom. The molecule has 2 heterocycles. The number of fused-ring (bicyclic) bond motifs is 1. The molecule has 1 fully saturated rings. The fraction of sp³-hybridized carbons (Fsp3) is 0.267. The smallest absolute Gasteiger partial charge is 0.227 e. The summed E-state index contributed by atoms with van der Waals surface area (Å²) in [6.45, 7) is 1.56. The standard InChI is InChI=1S/C30H30ClN3O/c31-25-12-10-23(11-13-25)19-30(35)34-17-15-26(20-27(34)18-22-6-2-1-3-7-22)33-21-24-14-16-32-29-9-5-4-8-28(24)29/h1-14,16,26-27,33H,15,17-21H2/t26-,27+/m0/s1. The van der Waals surface area contributed by atoms with Crippen molar-refractivity contribution in [1.82, 2.24) is 15.2 Å². The molecule has 1 aromatic heterocycles. The Morgan fingerprint density at radius 1 is 0.943 bits per heavy atom. The van der Waals surface area contributed by atoms with Crippen LogP contribution in [0.4, 0.5) is 0 Å². The Balaban J connectivity index is 1.29. The van der Waals surface area contributed by atoms with Crippen LogP contribution in [-0.2, 0) is 24.2 Å². The highest BCUT2D eigenvalue weighted by atomic mass is 35.5. The molecule has 1 N–H and O–H groups in total. The number of carbonyl (C=O) groups excluding carboxylic acids is 1. The highest BCUT2D eigenvalue weighted by Crippen LogP contribution is 2.24. The second-order valence-corrected chi connectivity index (χ2v) is 9.76. The molecule has 1 saturated heterocycles. The molecule has 0 saturated carbocycles. The van der Waals surface area contributed by atoms with E-state index in [2.05, 4.69) is 63.7 Å². The maximum Gasteiger partial charge on any atom is 0.227 e. The van der Waals surface area contributed by atoms with E-state index in [4.69, 9.17) is 11.6 Å². The van der Waals surface area contributed by atoms with Crippen LogP contribution >= 0.6 is 11.6 Å². The van der Waals surface area contributed by atoms with Gasteiger partial charge in [-0.15, -0.1) is 0 Å². The van der Waals surface area contributed by atoms with E-state index in [-0.39, 0.29) is 11.9 Å². The van der Waals surface area contributed by atoms with Gasteiger partial charge in [0.15, 0.2) is 0 Å². The fourth-order valence-electron chi connectivity index (χ4n) is 5.09. The van der Waals surface area contributed by atoms with Gasteiger partial charge < -0.3 is 10.2 Å². The lowest BCUT2D eigenvalue weighted by Crippen LogP contribution is -2.52. The minimum Gasteiger partial charge on any atom is -0.339 e. The number of nitrogens with zero attached hydrogens (tertiary/aromatic N) is 2. The summed E-state index contributed by atoms with van der Waals surface area (Å²) in [6.07, 6.45) is 5.04. The van der Waals surface area contributed by atoms with Crippen molar-refractivity contribution in [3.63, 3.8) is 0 Å². The van der Waals surface area contributed by atoms with E-state index in [1.807, 2.05) is 42.6 Å². The van der Waals surface area contributed by atoms with Gasteiger partial charge >= 0.3 is 0 Å². The number of para-hydroxylation sites is 1. The van der Waals surface area contributed by atoms with Crippen molar-refractivity contribution in [3.8, 4) is 0 Å². The first-order valence-corrected chi connectivity index (χ1v) is 12.7. The first-order chi connectivity index (χ1) is 17.2. The number of likely N-dealkylation sites (tertiary alicyclic amines) is 1. The molecule has 0 aliphatic carbocycles. The lowest BCUT2D eigenvalue weighted by molar-refractivity contribution is -0.134. The number of rotatable bonds is 7. The highest BCUT2D eigenvalue weighted by Gasteiger charge is 2.31. The maximum absolute atomic E-state index is 13.4. The van der Waals surface area contributed by atoms with Crippen LogP contribution in [0.1, 0.15) is 29.5 Å². The normalized spacial score (nSPS) is 18.0. The molecular formula is C30H30ClN3O. The number of halogens is 1. The largest absolute Gasteiger partial charge is 0.339 e. The second-order valence-electron chi connectivity index (χ2n) is 9.32. The number of pyridine rings is 1. The number of hydrogen-bond acceptors (Lipinski definition) is 3. The Bertz CT molecular complexity index is 1270. The van der Waals surface area contributed by atoms with Crippen LogP contribution in [0.25, 0.3) is 10.9 Å². The van der Waals surface area contributed by atoms with E-state index in [0.717, 1.165) is 43.4 Å². The topological polar surface area (TPSA) is 45.2 Å². The van der Waals surface area contributed by atoms with Crippen LogP contribution in [0.15, 0.2) is 91.1 Å². The second kappa shape index (κ2) is 11.0. The monoisotopic (exact) mass is 483 g/mol. The summed E-state index contributed by atoms with van der Waals surface area (Å²) in [5.41, 5.74) is 4.55. The van der Waals surface area contributed by atoms with E-state index in [0.29, 0.717) is 17.5 Å². The summed E-state index contributed by atoms with van der Waals surface area (Å²) in [6, 6.07) is 29.0. The first-order valence-electron chi connectivity index (χ1n) is 12.3.